The van der Waals surface area contributed by atoms with E-state index in [9.17, 15) is 14.7 Å². The number of methoxy groups -OCH3 is 1. The van der Waals surface area contributed by atoms with Crippen molar-refractivity contribution in [3.05, 3.63) is 89.0 Å². The first-order chi connectivity index (χ1) is 17.0. The van der Waals surface area contributed by atoms with Crippen LogP contribution in [0.1, 0.15) is 39.4 Å². The molecule has 0 aliphatic carbocycles. The summed E-state index contributed by atoms with van der Waals surface area (Å²) in [6, 6.07) is 20.9. The number of nitrogens with one attached hydrogen (secondary N) is 1. The fourth-order valence-corrected chi connectivity index (χ4v) is 3.90. The van der Waals surface area contributed by atoms with Gasteiger partial charge in [-0.05, 0) is 66.6 Å². The van der Waals surface area contributed by atoms with Gasteiger partial charge in [0.25, 0.3) is 5.91 Å². The lowest BCUT2D eigenvalue weighted by Gasteiger charge is -2.30. The molecule has 0 saturated carbocycles. The highest BCUT2D eigenvalue weighted by molar-refractivity contribution is 5.94. The standard InChI is InChI=1S/C27H24N2O6/c1-33-21-4-2-3-17(13-21)11-12-29-26(30)19-6-8-20(9-7-19)34-25-15-23(27(31)32)22-14-18(16-28)5-10-24(22)35-25/h2-10,13-14,23,25H,11-12,15H2,1H3,(H,29,30)(H,31,32). The molecule has 8 nitrogen and oxygen atoms in total. The number of hydrogen-bond donors (Lipinski definition) is 2. The Morgan fingerprint density at radius 1 is 1.11 bits per heavy atom. The summed E-state index contributed by atoms with van der Waals surface area (Å²) in [5, 5.41) is 21.6. The molecule has 1 amide bonds. The molecule has 2 unspecified atom stereocenters. The molecule has 3 aromatic carbocycles. The minimum Gasteiger partial charge on any atom is -0.497 e. The highest BCUT2D eigenvalue weighted by Gasteiger charge is 2.34. The number of fused-ring (bicyclic) bond motifs is 1. The number of carboxylic acid groups (broad SMARTS) is 1. The van der Waals surface area contributed by atoms with E-state index in [1.54, 1.807) is 43.5 Å². The number of nitrogens with zero attached hydrogens (tertiary/aromatic N) is 1. The third kappa shape index (κ3) is 5.71. The van der Waals surface area contributed by atoms with Crippen LogP contribution in [-0.2, 0) is 11.2 Å². The fourth-order valence-electron chi connectivity index (χ4n) is 3.90. The zero-order valence-electron chi connectivity index (χ0n) is 19.1. The lowest BCUT2D eigenvalue weighted by molar-refractivity contribution is -0.141. The summed E-state index contributed by atoms with van der Waals surface area (Å²) in [6.07, 6.45) is -0.0614. The van der Waals surface area contributed by atoms with Gasteiger partial charge in [-0.25, -0.2) is 0 Å². The normalized spacial score (nSPS) is 16.2. The highest BCUT2D eigenvalue weighted by atomic mass is 16.7. The molecule has 3 aromatic rings. The summed E-state index contributed by atoms with van der Waals surface area (Å²) in [7, 11) is 1.61. The van der Waals surface area contributed by atoms with Gasteiger partial charge >= 0.3 is 5.97 Å². The zero-order chi connectivity index (χ0) is 24.8. The summed E-state index contributed by atoms with van der Waals surface area (Å²) in [4.78, 5) is 24.3. The summed E-state index contributed by atoms with van der Waals surface area (Å²) in [5.74, 6) is -0.479. The molecule has 0 saturated heterocycles. The SMILES string of the molecule is COc1cccc(CCNC(=O)c2ccc(OC3CC(C(=O)O)c4cc(C#N)ccc4O3)cc2)c1. The molecule has 1 aliphatic heterocycles. The van der Waals surface area contributed by atoms with Crippen molar-refractivity contribution in [1.29, 1.82) is 5.26 Å². The van der Waals surface area contributed by atoms with E-state index in [0.717, 1.165) is 11.3 Å². The molecular weight excluding hydrogens is 448 g/mol. The van der Waals surface area contributed by atoms with E-state index >= 15 is 0 Å². The van der Waals surface area contributed by atoms with Crippen LogP contribution in [0.15, 0.2) is 66.7 Å². The molecule has 2 atom stereocenters. The van der Waals surface area contributed by atoms with Crippen LogP contribution in [0.5, 0.6) is 17.2 Å². The Balaban J connectivity index is 1.35. The first kappa shape index (κ1) is 23.6. The van der Waals surface area contributed by atoms with E-state index in [1.807, 2.05) is 30.3 Å². The van der Waals surface area contributed by atoms with Crippen LogP contribution in [0, 0.1) is 11.3 Å². The molecule has 0 spiro atoms. The molecular formula is C27H24N2O6. The second kappa shape index (κ2) is 10.6. The van der Waals surface area contributed by atoms with Crippen molar-refractivity contribution in [2.45, 2.75) is 25.0 Å². The molecule has 0 fully saturated rings. The average Bonchev–Trinajstić information content (AvgIpc) is 2.88. The van der Waals surface area contributed by atoms with Crippen LogP contribution in [-0.4, -0.2) is 36.9 Å². The monoisotopic (exact) mass is 472 g/mol. The number of nitriles is 1. The van der Waals surface area contributed by atoms with Gasteiger partial charge in [0.2, 0.25) is 6.29 Å². The van der Waals surface area contributed by atoms with Gasteiger partial charge < -0.3 is 24.6 Å². The Labute approximate surface area is 202 Å². The number of amides is 1. The smallest absolute Gasteiger partial charge is 0.311 e. The molecule has 8 heteroatoms. The van der Waals surface area contributed by atoms with Crippen LogP contribution in [0.25, 0.3) is 0 Å². The minimum absolute atomic E-state index is 0.0870. The molecule has 2 N–H and O–H groups in total. The maximum Gasteiger partial charge on any atom is 0.311 e. The van der Waals surface area contributed by atoms with E-state index in [1.165, 1.54) is 6.07 Å². The quantitative estimate of drug-likeness (QED) is 0.511. The minimum atomic E-state index is -1.01. The van der Waals surface area contributed by atoms with E-state index in [0.29, 0.717) is 41.2 Å². The van der Waals surface area contributed by atoms with Crippen molar-refractivity contribution in [3.63, 3.8) is 0 Å². The van der Waals surface area contributed by atoms with Crippen molar-refractivity contribution in [2.24, 2.45) is 0 Å². The summed E-state index contributed by atoms with van der Waals surface area (Å²) < 4.78 is 16.9. The third-order valence-corrected chi connectivity index (χ3v) is 5.72. The van der Waals surface area contributed by atoms with Crippen molar-refractivity contribution in [2.75, 3.05) is 13.7 Å². The number of aliphatic carboxylic acids is 1. The molecule has 1 aliphatic rings. The number of carboxylic acids is 1. The number of rotatable bonds is 8. The lowest BCUT2D eigenvalue weighted by Crippen LogP contribution is -2.33. The Morgan fingerprint density at radius 2 is 1.91 bits per heavy atom. The van der Waals surface area contributed by atoms with Crippen LogP contribution in [0.3, 0.4) is 0 Å². The highest BCUT2D eigenvalue weighted by Crippen LogP contribution is 2.37. The number of benzene rings is 3. The molecule has 4 rings (SSSR count). The van der Waals surface area contributed by atoms with E-state index in [4.69, 9.17) is 19.5 Å². The van der Waals surface area contributed by atoms with Crippen LogP contribution < -0.4 is 19.5 Å². The summed E-state index contributed by atoms with van der Waals surface area (Å²) in [6.45, 7) is 0.476. The second-order valence-electron chi connectivity index (χ2n) is 8.04. The van der Waals surface area contributed by atoms with Crippen LogP contribution in [0.2, 0.25) is 0 Å². The van der Waals surface area contributed by atoms with Crippen LogP contribution in [0.4, 0.5) is 0 Å². The summed E-state index contributed by atoms with van der Waals surface area (Å²) >= 11 is 0. The summed E-state index contributed by atoms with van der Waals surface area (Å²) in [5.41, 5.74) is 2.36. The van der Waals surface area contributed by atoms with Crippen molar-refractivity contribution in [1.82, 2.24) is 5.32 Å². The van der Waals surface area contributed by atoms with Gasteiger partial charge in [-0.3, -0.25) is 9.59 Å². The number of ether oxygens (including phenoxy) is 3. The maximum absolute atomic E-state index is 12.5. The molecule has 0 bridgehead atoms. The molecule has 178 valence electrons. The van der Waals surface area contributed by atoms with Gasteiger partial charge in [-0.15, -0.1) is 0 Å². The Kier molecular flexibility index (Phi) is 7.17. The Bertz CT molecular complexity index is 1270. The van der Waals surface area contributed by atoms with E-state index in [2.05, 4.69) is 5.32 Å². The van der Waals surface area contributed by atoms with Crippen molar-refractivity contribution >= 4 is 11.9 Å². The average molecular weight is 472 g/mol. The molecule has 35 heavy (non-hydrogen) atoms. The van der Waals surface area contributed by atoms with Crippen LogP contribution >= 0.6 is 0 Å². The van der Waals surface area contributed by atoms with Crippen molar-refractivity contribution < 1.29 is 28.9 Å². The largest absolute Gasteiger partial charge is 0.497 e. The molecule has 0 radical (unpaired) electrons. The number of carbonyl (C=O) groups excluding carboxylic acids is 1. The van der Waals surface area contributed by atoms with Gasteiger partial charge in [-0.2, -0.15) is 5.26 Å². The predicted octanol–water partition coefficient (Wildman–Crippen LogP) is 3.90. The first-order valence-electron chi connectivity index (χ1n) is 11.1. The topological polar surface area (TPSA) is 118 Å². The van der Waals surface area contributed by atoms with Gasteiger partial charge in [0.1, 0.15) is 17.2 Å². The third-order valence-electron chi connectivity index (χ3n) is 5.72. The van der Waals surface area contributed by atoms with Gasteiger partial charge in [0.15, 0.2) is 0 Å². The van der Waals surface area contributed by atoms with E-state index < -0.39 is 18.2 Å². The Morgan fingerprint density at radius 3 is 2.63 bits per heavy atom. The van der Waals surface area contributed by atoms with Gasteiger partial charge in [0.05, 0.1) is 24.7 Å². The second-order valence-corrected chi connectivity index (χ2v) is 8.04. The number of hydrogen-bond acceptors (Lipinski definition) is 6. The zero-order valence-corrected chi connectivity index (χ0v) is 19.1. The molecule has 1 heterocycles. The fraction of sp³-hybridized carbons (Fsp3) is 0.222. The molecule has 0 aromatic heterocycles. The van der Waals surface area contributed by atoms with Gasteiger partial charge in [-0.1, -0.05) is 12.1 Å². The lowest BCUT2D eigenvalue weighted by atomic mass is 9.91. The predicted molar refractivity (Wildman–Crippen MR) is 127 cm³/mol. The first-order valence-corrected chi connectivity index (χ1v) is 11.1. The Hall–Kier alpha value is -4.51. The number of carbonyl (C=O) groups is 2. The maximum atomic E-state index is 12.5. The van der Waals surface area contributed by atoms with Gasteiger partial charge in [0, 0.05) is 24.1 Å². The van der Waals surface area contributed by atoms with Crippen molar-refractivity contribution in [3.8, 4) is 23.3 Å². The van der Waals surface area contributed by atoms with E-state index in [-0.39, 0.29) is 12.3 Å².